The SMILES string of the molecule is Cc1cc2c(cc1C)N(CC(=O)NCc1ccccc1)C(=O)CC(c1ccc(Br)s1)=N2. The molecule has 0 saturated heterocycles. The number of halogens is 1. The average Bonchev–Trinajstić information content (AvgIpc) is 3.14. The van der Waals surface area contributed by atoms with Crippen LogP contribution in [0.3, 0.4) is 0 Å². The third kappa shape index (κ3) is 4.94. The van der Waals surface area contributed by atoms with Crippen LogP contribution in [0, 0.1) is 13.8 Å². The van der Waals surface area contributed by atoms with Crippen LogP contribution in [0.15, 0.2) is 63.4 Å². The summed E-state index contributed by atoms with van der Waals surface area (Å²) in [4.78, 5) is 33.3. The quantitative estimate of drug-likeness (QED) is 0.521. The van der Waals surface area contributed by atoms with Gasteiger partial charge in [-0.3, -0.25) is 9.59 Å². The molecule has 0 spiro atoms. The van der Waals surface area contributed by atoms with Crippen LogP contribution in [-0.4, -0.2) is 24.1 Å². The molecule has 1 aliphatic rings. The van der Waals surface area contributed by atoms with E-state index in [9.17, 15) is 9.59 Å². The predicted molar refractivity (Wildman–Crippen MR) is 129 cm³/mol. The number of fused-ring (bicyclic) bond motifs is 1. The number of hydrogen-bond donors (Lipinski definition) is 1. The molecular weight excluding hydrogens is 474 g/mol. The van der Waals surface area contributed by atoms with Crippen molar-refractivity contribution >= 4 is 56.2 Å². The van der Waals surface area contributed by atoms with Gasteiger partial charge in [-0.25, -0.2) is 4.99 Å². The first-order valence-electron chi connectivity index (χ1n) is 9.96. The lowest BCUT2D eigenvalue weighted by Gasteiger charge is -2.23. The number of nitrogens with zero attached hydrogens (tertiary/aromatic N) is 2. The zero-order valence-corrected chi connectivity index (χ0v) is 19.7. The van der Waals surface area contributed by atoms with Gasteiger partial charge in [-0.15, -0.1) is 11.3 Å². The van der Waals surface area contributed by atoms with Gasteiger partial charge in [-0.1, -0.05) is 30.3 Å². The predicted octanol–water partition coefficient (Wildman–Crippen LogP) is 5.30. The fraction of sp³-hybridized carbons (Fsp3) is 0.208. The molecule has 2 heterocycles. The molecule has 0 radical (unpaired) electrons. The van der Waals surface area contributed by atoms with Gasteiger partial charge >= 0.3 is 0 Å². The molecule has 0 unspecified atom stereocenters. The first-order chi connectivity index (χ1) is 14.9. The number of thiophene rings is 1. The lowest BCUT2D eigenvalue weighted by molar-refractivity contribution is -0.123. The van der Waals surface area contributed by atoms with Crippen molar-refractivity contribution in [1.82, 2.24) is 5.32 Å². The lowest BCUT2D eigenvalue weighted by Crippen LogP contribution is -2.41. The number of aliphatic imine (C=N–C) groups is 1. The van der Waals surface area contributed by atoms with E-state index in [1.165, 1.54) is 0 Å². The highest BCUT2D eigenvalue weighted by atomic mass is 79.9. The highest BCUT2D eigenvalue weighted by Gasteiger charge is 2.27. The number of nitrogens with one attached hydrogen (secondary N) is 1. The summed E-state index contributed by atoms with van der Waals surface area (Å²) in [5.41, 5.74) is 5.27. The molecule has 2 amide bonds. The second-order valence-electron chi connectivity index (χ2n) is 7.51. The van der Waals surface area contributed by atoms with Gasteiger partial charge in [0.25, 0.3) is 0 Å². The number of anilines is 1. The third-order valence-corrected chi connectivity index (χ3v) is 6.92. The number of benzene rings is 2. The van der Waals surface area contributed by atoms with Crippen molar-refractivity contribution in [3.8, 4) is 0 Å². The Kier molecular flexibility index (Phi) is 6.34. The van der Waals surface area contributed by atoms with Gasteiger partial charge < -0.3 is 10.2 Å². The van der Waals surface area contributed by atoms with E-state index in [0.717, 1.165) is 31.1 Å². The zero-order chi connectivity index (χ0) is 22.0. The van der Waals surface area contributed by atoms with Crippen LogP contribution in [0.4, 0.5) is 11.4 Å². The number of aryl methyl sites for hydroxylation is 2. The van der Waals surface area contributed by atoms with Crippen LogP contribution in [0.5, 0.6) is 0 Å². The van der Waals surface area contributed by atoms with Gasteiger partial charge in [0.15, 0.2) is 0 Å². The van der Waals surface area contributed by atoms with Gasteiger partial charge in [-0.05, 0) is 70.7 Å². The van der Waals surface area contributed by atoms with Crippen molar-refractivity contribution in [3.63, 3.8) is 0 Å². The van der Waals surface area contributed by atoms with Crippen LogP contribution < -0.4 is 10.2 Å². The Labute approximate surface area is 193 Å². The molecule has 0 saturated carbocycles. The molecule has 2 aromatic carbocycles. The van der Waals surface area contributed by atoms with Crippen LogP contribution in [0.1, 0.15) is 28.0 Å². The van der Waals surface area contributed by atoms with Crippen molar-refractivity contribution in [1.29, 1.82) is 0 Å². The smallest absolute Gasteiger partial charge is 0.240 e. The van der Waals surface area contributed by atoms with Crippen LogP contribution >= 0.6 is 27.3 Å². The number of carbonyl (C=O) groups is 2. The van der Waals surface area contributed by atoms with E-state index in [1.54, 1.807) is 16.2 Å². The summed E-state index contributed by atoms with van der Waals surface area (Å²) in [6, 6.07) is 17.6. The topological polar surface area (TPSA) is 61.8 Å². The molecule has 0 aliphatic carbocycles. The minimum atomic E-state index is -0.205. The molecule has 0 bridgehead atoms. The molecule has 158 valence electrons. The maximum atomic E-state index is 13.2. The molecule has 1 aromatic heterocycles. The summed E-state index contributed by atoms with van der Waals surface area (Å²) in [7, 11) is 0. The maximum Gasteiger partial charge on any atom is 0.240 e. The lowest BCUT2D eigenvalue weighted by atomic mass is 10.1. The maximum absolute atomic E-state index is 13.2. The molecule has 0 fully saturated rings. The number of hydrogen-bond acceptors (Lipinski definition) is 4. The number of amides is 2. The molecule has 31 heavy (non-hydrogen) atoms. The Morgan fingerprint density at radius 2 is 1.87 bits per heavy atom. The van der Waals surface area contributed by atoms with Gasteiger partial charge in [-0.2, -0.15) is 0 Å². The third-order valence-electron chi connectivity index (χ3n) is 5.25. The van der Waals surface area contributed by atoms with Crippen LogP contribution in [0.25, 0.3) is 0 Å². The van der Waals surface area contributed by atoms with Crippen molar-refractivity contribution in [2.45, 2.75) is 26.8 Å². The normalized spacial score (nSPS) is 13.5. The van der Waals surface area contributed by atoms with E-state index in [4.69, 9.17) is 4.99 Å². The molecule has 0 atom stereocenters. The second-order valence-corrected chi connectivity index (χ2v) is 9.97. The average molecular weight is 496 g/mol. The Morgan fingerprint density at radius 3 is 2.58 bits per heavy atom. The minimum absolute atomic E-state index is 0.0435. The summed E-state index contributed by atoms with van der Waals surface area (Å²) in [5.74, 6) is -0.344. The molecule has 3 aromatic rings. The van der Waals surface area contributed by atoms with Gasteiger partial charge in [0.2, 0.25) is 11.8 Å². The molecule has 4 rings (SSSR count). The fourth-order valence-electron chi connectivity index (χ4n) is 3.43. The van der Waals surface area contributed by atoms with E-state index in [0.29, 0.717) is 17.9 Å². The van der Waals surface area contributed by atoms with Crippen LogP contribution in [-0.2, 0) is 16.1 Å². The van der Waals surface area contributed by atoms with Crippen molar-refractivity contribution < 1.29 is 9.59 Å². The van der Waals surface area contributed by atoms with E-state index >= 15 is 0 Å². The van der Waals surface area contributed by atoms with E-state index < -0.39 is 0 Å². The Balaban J connectivity index is 1.61. The largest absolute Gasteiger partial charge is 0.350 e. The number of rotatable bonds is 5. The highest BCUT2D eigenvalue weighted by molar-refractivity contribution is 9.11. The molecule has 5 nitrogen and oxygen atoms in total. The van der Waals surface area contributed by atoms with E-state index in [2.05, 4.69) is 21.2 Å². The first kappa shape index (κ1) is 21.5. The standard InChI is InChI=1S/C24H22BrN3O2S/c1-15-10-18-20(11-16(15)2)28(14-23(29)26-13-17-6-4-3-5-7-17)24(30)12-19(27-18)21-8-9-22(25)31-21/h3-11H,12-14H2,1-2H3,(H,26,29). The molecule has 7 heteroatoms. The van der Waals surface area contributed by atoms with E-state index in [1.807, 2.05) is 68.4 Å². The van der Waals surface area contributed by atoms with Crippen molar-refractivity contribution in [2.75, 3.05) is 11.4 Å². The summed E-state index contributed by atoms with van der Waals surface area (Å²) in [6.07, 6.45) is 0.145. The van der Waals surface area contributed by atoms with Crippen molar-refractivity contribution in [3.05, 3.63) is 80.0 Å². The molecule has 1 aliphatic heterocycles. The fourth-order valence-corrected chi connectivity index (χ4v) is 4.80. The highest BCUT2D eigenvalue weighted by Crippen LogP contribution is 2.36. The van der Waals surface area contributed by atoms with Gasteiger partial charge in [0.05, 0.1) is 32.2 Å². The molecule has 1 N–H and O–H groups in total. The second kappa shape index (κ2) is 9.16. The van der Waals surface area contributed by atoms with Gasteiger partial charge in [0, 0.05) is 6.54 Å². The summed E-state index contributed by atoms with van der Waals surface area (Å²) in [6.45, 7) is 4.40. The Bertz CT molecular complexity index is 1170. The summed E-state index contributed by atoms with van der Waals surface area (Å²) < 4.78 is 0.986. The Morgan fingerprint density at radius 1 is 1.13 bits per heavy atom. The number of carbonyl (C=O) groups excluding carboxylic acids is 2. The summed E-state index contributed by atoms with van der Waals surface area (Å²) in [5, 5.41) is 2.92. The van der Waals surface area contributed by atoms with E-state index in [-0.39, 0.29) is 24.8 Å². The zero-order valence-electron chi connectivity index (χ0n) is 17.3. The molecular formula is C24H22BrN3O2S. The minimum Gasteiger partial charge on any atom is -0.350 e. The first-order valence-corrected chi connectivity index (χ1v) is 11.6. The van der Waals surface area contributed by atoms with Gasteiger partial charge in [0.1, 0.15) is 6.54 Å². The monoisotopic (exact) mass is 495 g/mol. The Hall–Kier alpha value is -2.77. The summed E-state index contributed by atoms with van der Waals surface area (Å²) >= 11 is 5.03. The van der Waals surface area contributed by atoms with Crippen LogP contribution in [0.2, 0.25) is 0 Å². The van der Waals surface area contributed by atoms with Crippen molar-refractivity contribution in [2.24, 2.45) is 4.99 Å².